The Morgan fingerprint density at radius 1 is 1.53 bits per heavy atom. The third-order valence-electron chi connectivity index (χ3n) is 3.23. The van der Waals surface area contributed by atoms with Crippen LogP contribution in [0.3, 0.4) is 0 Å². The molecule has 1 aliphatic rings. The summed E-state index contributed by atoms with van der Waals surface area (Å²) in [6.45, 7) is 4.66. The molecule has 2 rings (SSSR count). The fourth-order valence-electron chi connectivity index (χ4n) is 1.83. The summed E-state index contributed by atoms with van der Waals surface area (Å²) in [4.78, 5) is 20.6. The summed E-state index contributed by atoms with van der Waals surface area (Å²) in [5.74, 6) is 6.81. The van der Waals surface area contributed by atoms with Crippen molar-refractivity contribution in [2.45, 2.75) is 39.0 Å². The smallest absolute Gasteiger partial charge is 0.272 e. The van der Waals surface area contributed by atoms with Gasteiger partial charge in [0.05, 0.1) is 11.9 Å². The van der Waals surface area contributed by atoms with E-state index in [4.69, 9.17) is 5.84 Å². The number of hydrazine groups is 1. The molecule has 1 aliphatic carbocycles. The lowest BCUT2D eigenvalue weighted by Crippen LogP contribution is -2.28. The van der Waals surface area contributed by atoms with Gasteiger partial charge in [0.1, 0.15) is 5.82 Å². The average molecular weight is 263 g/mol. The number of nitrogens with two attached hydrogens (primary N) is 1. The molecule has 0 saturated heterocycles. The fraction of sp³-hybridized carbons (Fsp3) is 0.615. The van der Waals surface area contributed by atoms with Gasteiger partial charge in [-0.15, -0.1) is 0 Å². The van der Waals surface area contributed by atoms with Crippen molar-refractivity contribution in [1.29, 1.82) is 0 Å². The zero-order chi connectivity index (χ0) is 13.8. The highest BCUT2D eigenvalue weighted by molar-refractivity contribution is 5.97. The Kier molecular flexibility index (Phi) is 4.31. The van der Waals surface area contributed by atoms with E-state index >= 15 is 0 Å². The van der Waals surface area contributed by atoms with E-state index in [1.54, 1.807) is 6.20 Å². The van der Waals surface area contributed by atoms with Crippen LogP contribution in [0.15, 0.2) is 6.20 Å². The maximum Gasteiger partial charge on any atom is 0.272 e. The van der Waals surface area contributed by atoms with Crippen LogP contribution >= 0.6 is 0 Å². The van der Waals surface area contributed by atoms with Gasteiger partial charge in [0.25, 0.3) is 5.91 Å². The van der Waals surface area contributed by atoms with E-state index in [0.29, 0.717) is 23.8 Å². The van der Waals surface area contributed by atoms with E-state index in [0.717, 1.165) is 12.3 Å². The van der Waals surface area contributed by atoms with Crippen LogP contribution in [-0.4, -0.2) is 22.4 Å². The number of anilines is 1. The molecule has 1 aromatic rings. The van der Waals surface area contributed by atoms with Crippen LogP contribution < -0.4 is 16.6 Å². The molecule has 0 atom stereocenters. The molecule has 0 radical (unpaired) electrons. The molecule has 104 valence electrons. The first-order chi connectivity index (χ1) is 9.11. The number of carbonyl (C=O) groups excluding carboxylic acids is 1. The van der Waals surface area contributed by atoms with Crippen LogP contribution in [0.2, 0.25) is 0 Å². The molecule has 1 heterocycles. The van der Waals surface area contributed by atoms with Gasteiger partial charge in [-0.05, 0) is 12.3 Å². The topological polar surface area (TPSA) is 92.9 Å². The summed E-state index contributed by atoms with van der Waals surface area (Å²) >= 11 is 0. The predicted molar refractivity (Wildman–Crippen MR) is 73.6 cm³/mol. The van der Waals surface area contributed by atoms with Gasteiger partial charge in [0.15, 0.2) is 5.69 Å². The van der Waals surface area contributed by atoms with Crippen LogP contribution in [-0.2, 0) is 0 Å². The number of hydrogen-bond acceptors (Lipinski definition) is 5. The largest absolute Gasteiger partial charge is 0.351 e. The Labute approximate surface area is 113 Å². The normalized spacial score (nSPS) is 14.5. The first-order valence-electron chi connectivity index (χ1n) is 6.73. The van der Waals surface area contributed by atoms with E-state index in [2.05, 4.69) is 20.7 Å². The number of nitrogen functional groups attached to an aromatic ring is 1. The van der Waals surface area contributed by atoms with Crippen molar-refractivity contribution in [2.75, 3.05) is 12.0 Å². The number of nitrogens with zero attached hydrogens (tertiary/aromatic N) is 2. The molecule has 0 spiro atoms. The molecule has 1 aromatic heterocycles. The molecule has 19 heavy (non-hydrogen) atoms. The third-order valence-corrected chi connectivity index (χ3v) is 3.23. The predicted octanol–water partition coefficient (Wildman–Crippen LogP) is 1.42. The van der Waals surface area contributed by atoms with Crippen LogP contribution in [0, 0.1) is 5.92 Å². The molecule has 1 amide bonds. The first kappa shape index (κ1) is 13.7. The third kappa shape index (κ3) is 3.64. The summed E-state index contributed by atoms with van der Waals surface area (Å²) in [5.41, 5.74) is 3.24. The number of carbonyl (C=O) groups is 1. The lowest BCUT2D eigenvalue weighted by atomic mass is 10.2. The molecule has 1 saturated carbocycles. The lowest BCUT2D eigenvalue weighted by Gasteiger charge is -2.11. The molecule has 6 heteroatoms. The number of amides is 1. The summed E-state index contributed by atoms with van der Waals surface area (Å²) < 4.78 is 0. The Balaban J connectivity index is 2.05. The summed E-state index contributed by atoms with van der Waals surface area (Å²) in [6, 6.07) is 0. The highest BCUT2D eigenvalue weighted by Crippen LogP contribution is 2.31. The second-order valence-electron chi connectivity index (χ2n) is 5.28. The summed E-state index contributed by atoms with van der Waals surface area (Å²) in [5, 5.41) is 2.89. The van der Waals surface area contributed by atoms with Gasteiger partial charge in [-0.25, -0.2) is 9.97 Å². The van der Waals surface area contributed by atoms with E-state index in [1.165, 1.54) is 12.8 Å². The monoisotopic (exact) mass is 263 g/mol. The quantitative estimate of drug-likeness (QED) is 0.533. The zero-order valence-electron chi connectivity index (χ0n) is 11.4. The van der Waals surface area contributed by atoms with Crippen LogP contribution in [0.25, 0.3) is 0 Å². The van der Waals surface area contributed by atoms with Gasteiger partial charge in [-0.2, -0.15) is 0 Å². The minimum atomic E-state index is -0.196. The fourth-order valence-corrected chi connectivity index (χ4v) is 1.83. The highest BCUT2D eigenvalue weighted by Gasteiger charge is 2.21. The van der Waals surface area contributed by atoms with Gasteiger partial charge in [-0.1, -0.05) is 26.7 Å². The molecular formula is C13H21N5O. The van der Waals surface area contributed by atoms with Crippen molar-refractivity contribution < 1.29 is 4.79 Å². The number of hydrogen-bond donors (Lipinski definition) is 3. The van der Waals surface area contributed by atoms with E-state index in [1.807, 2.05) is 13.8 Å². The Hall–Kier alpha value is -1.69. The van der Waals surface area contributed by atoms with Crippen molar-refractivity contribution in [3.63, 3.8) is 0 Å². The second kappa shape index (κ2) is 5.97. The van der Waals surface area contributed by atoms with Gasteiger partial charge in [0, 0.05) is 12.5 Å². The van der Waals surface area contributed by atoms with E-state index in [9.17, 15) is 4.79 Å². The molecule has 0 unspecified atom stereocenters. The van der Waals surface area contributed by atoms with E-state index < -0.39 is 0 Å². The maximum absolute atomic E-state index is 12.1. The second-order valence-corrected chi connectivity index (χ2v) is 5.28. The van der Waals surface area contributed by atoms with Crippen molar-refractivity contribution >= 4 is 11.6 Å². The van der Waals surface area contributed by atoms with Gasteiger partial charge in [-0.3, -0.25) is 10.6 Å². The van der Waals surface area contributed by atoms with Gasteiger partial charge < -0.3 is 10.7 Å². The zero-order valence-corrected chi connectivity index (χ0v) is 11.4. The molecule has 6 nitrogen and oxygen atoms in total. The standard InChI is InChI=1S/C13H21N5O/c1-8(2)12-16-7-10(18-14)11(17-12)13(19)15-6-5-9-3-4-9/h7-9,18H,3-6,14H2,1-2H3,(H,15,19). The van der Waals surface area contributed by atoms with E-state index in [-0.39, 0.29) is 11.8 Å². The minimum absolute atomic E-state index is 0.171. The molecule has 1 fully saturated rings. The number of nitrogens with one attached hydrogen (secondary N) is 2. The van der Waals surface area contributed by atoms with Crippen molar-refractivity contribution in [2.24, 2.45) is 11.8 Å². The Bertz CT molecular complexity index is 456. The van der Waals surface area contributed by atoms with Crippen molar-refractivity contribution in [3.05, 3.63) is 17.7 Å². The SMILES string of the molecule is CC(C)c1ncc(NN)c(C(=O)NCCC2CC2)n1. The average Bonchev–Trinajstić information content (AvgIpc) is 3.21. The van der Waals surface area contributed by atoms with Crippen LogP contribution in [0.1, 0.15) is 55.3 Å². The molecule has 4 N–H and O–H groups in total. The highest BCUT2D eigenvalue weighted by atomic mass is 16.1. The molecule has 0 aliphatic heterocycles. The number of aromatic nitrogens is 2. The van der Waals surface area contributed by atoms with Crippen LogP contribution in [0.5, 0.6) is 0 Å². The number of rotatable bonds is 6. The van der Waals surface area contributed by atoms with Gasteiger partial charge in [0.2, 0.25) is 0 Å². The van der Waals surface area contributed by atoms with Crippen molar-refractivity contribution in [3.8, 4) is 0 Å². The Morgan fingerprint density at radius 2 is 2.26 bits per heavy atom. The minimum Gasteiger partial charge on any atom is -0.351 e. The molecular weight excluding hydrogens is 242 g/mol. The Morgan fingerprint density at radius 3 is 2.84 bits per heavy atom. The first-order valence-corrected chi connectivity index (χ1v) is 6.73. The lowest BCUT2D eigenvalue weighted by molar-refractivity contribution is 0.0948. The maximum atomic E-state index is 12.1. The molecule has 0 aromatic carbocycles. The van der Waals surface area contributed by atoms with Crippen molar-refractivity contribution in [1.82, 2.24) is 15.3 Å². The summed E-state index contributed by atoms with van der Waals surface area (Å²) in [6.07, 6.45) is 5.17. The molecule has 0 bridgehead atoms. The summed E-state index contributed by atoms with van der Waals surface area (Å²) in [7, 11) is 0. The van der Waals surface area contributed by atoms with Crippen LogP contribution in [0.4, 0.5) is 5.69 Å². The van der Waals surface area contributed by atoms with Gasteiger partial charge >= 0.3 is 0 Å².